The van der Waals surface area contributed by atoms with E-state index in [-0.39, 0.29) is 5.91 Å². The second-order valence-electron chi connectivity index (χ2n) is 5.27. The maximum absolute atomic E-state index is 11.8. The molecule has 0 radical (unpaired) electrons. The molecule has 5 heteroatoms. The molecule has 1 unspecified atom stereocenters. The number of aliphatic hydroxyl groups excluding tert-OH is 1. The molecule has 0 fully saturated rings. The topological polar surface area (TPSA) is 84.6 Å². The van der Waals surface area contributed by atoms with Gasteiger partial charge < -0.3 is 20.9 Å². The van der Waals surface area contributed by atoms with Crippen LogP contribution in [0, 0.1) is 0 Å². The molecule has 0 saturated carbocycles. The summed E-state index contributed by atoms with van der Waals surface area (Å²) in [5.74, 6) is 0.438. The van der Waals surface area contributed by atoms with Gasteiger partial charge in [-0.25, -0.2) is 0 Å². The minimum atomic E-state index is -0.868. The van der Waals surface area contributed by atoms with Crippen molar-refractivity contribution >= 4 is 11.6 Å². The number of ether oxygens (including phenoxy) is 1. The molecule has 19 heavy (non-hydrogen) atoms. The molecule has 5 nitrogen and oxygen atoms in total. The molecule has 1 aliphatic heterocycles. The van der Waals surface area contributed by atoms with Crippen LogP contribution >= 0.6 is 0 Å². The Bertz CT molecular complexity index is 486. The Kier molecular flexibility index (Phi) is 3.78. The lowest BCUT2D eigenvalue weighted by atomic mass is 10.0. The van der Waals surface area contributed by atoms with Gasteiger partial charge in [-0.2, -0.15) is 0 Å². The van der Waals surface area contributed by atoms with Crippen molar-refractivity contribution in [2.24, 2.45) is 5.73 Å². The number of hydrogen-bond donors (Lipinski definition) is 3. The number of rotatable bonds is 4. The summed E-state index contributed by atoms with van der Waals surface area (Å²) in [6.07, 6.45) is 0.796. The molecule has 1 atom stereocenters. The van der Waals surface area contributed by atoms with Gasteiger partial charge in [0.2, 0.25) is 0 Å². The summed E-state index contributed by atoms with van der Waals surface area (Å²) < 4.78 is 5.63. The largest absolute Gasteiger partial charge is 0.476 e. The molecule has 2 rings (SSSR count). The van der Waals surface area contributed by atoms with E-state index in [4.69, 9.17) is 10.5 Å². The monoisotopic (exact) mass is 264 g/mol. The minimum absolute atomic E-state index is 0.186. The molecule has 1 aromatic rings. The Labute approximate surface area is 112 Å². The van der Waals surface area contributed by atoms with Crippen LogP contribution in [0.1, 0.15) is 38.4 Å². The number of hydrogen-bond acceptors (Lipinski definition) is 4. The molecule has 0 bridgehead atoms. The van der Waals surface area contributed by atoms with E-state index in [9.17, 15) is 9.90 Å². The molecular formula is C14H20N2O3. The van der Waals surface area contributed by atoms with Crippen LogP contribution in [-0.2, 0) is 4.79 Å². The Balaban J connectivity index is 2.21. The molecule has 1 aliphatic rings. The third-order valence-corrected chi connectivity index (χ3v) is 3.23. The zero-order valence-electron chi connectivity index (χ0n) is 11.3. The van der Waals surface area contributed by atoms with E-state index < -0.39 is 11.7 Å². The van der Waals surface area contributed by atoms with Gasteiger partial charge in [0, 0.05) is 0 Å². The van der Waals surface area contributed by atoms with Crippen molar-refractivity contribution < 1.29 is 14.6 Å². The number of aliphatic hydroxyl groups is 1. The van der Waals surface area contributed by atoms with Crippen LogP contribution in [0.5, 0.6) is 5.75 Å². The summed E-state index contributed by atoms with van der Waals surface area (Å²) in [6.45, 7) is 3.99. The fourth-order valence-electron chi connectivity index (χ4n) is 2.01. The summed E-state index contributed by atoms with van der Waals surface area (Å²) in [5, 5.41) is 12.8. The lowest BCUT2D eigenvalue weighted by Crippen LogP contribution is -2.45. The maximum atomic E-state index is 11.8. The number of nitrogens with two attached hydrogens (primary N) is 1. The Morgan fingerprint density at radius 3 is 2.89 bits per heavy atom. The van der Waals surface area contributed by atoms with Crippen molar-refractivity contribution in [3.8, 4) is 5.75 Å². The molecule has 1 amide bonds. The summed E-state index contributed by atoms with van der Waals surface area (Å²) in [7, 11) is 0. The van der Waals surface area contributed by atoms with Gasteiger partial charge in [0.25, 0.3) is 5.91 Å². The minimum Gasteiger partial charge on any atom is -0.476 e. The first-order valence-electron chi connectivity index (χ1n) is 6.46. The molecule has 104 valence electrons. The van der Waals surface area contributed by atoms with Crippen molar-refractivity contribution in [1.29, 1.82) is 0 Å². The molecule has 0 spiro atoms. The van der Waals surface area contributed by atoms with E-state index in [2.05, 4.69) is 5.32 Å². The SMILES string of the molecule is CC1(C)Oc2ccc(C(O)CCCN)cc2NC1=O. The Hall–Kier alpha value is -1.59. The van der Waals surface area contributed by atoms with E-state index in [1.54, 1.807) is 26.0 Å². The van der Waals surface area contributed by atoms with Crippen molar-refractivity contribution in [3.63, 3.8) is 0 Å². The molecular weight excluding hydrogens is 244 g/mol. The molecule has 0 aromatic heterocycles. The number of fused-ring (bicyclic) bond motifs is 1. The molecule has 0 saturated heterocycles. The summed E-state index contributed by atoms with van der Waals surface area (Å²) in [5.41, 5.74) is 5.92. The van der Waals surface area contributed by atoms with Gasteiger partial charge in [-0.15, -0.1) is 0 Å². The molecule has 1 heterocycles. The fourth-order valence-corrected chi connectivity index (χ4v) is 2.01. The van der Waals surface area contributed by atoms with E-state index in [1.165, 1.54) is 0 Å². The van der Waals surface area contributed by atoms with E-state index >= 15 is 0 Å². The second-order valence-corrected chi connectivity index (χ2v) is 5.27. The van der Waals surface area contributed by atoms with Crippen molar-refractivity contribution in [3.05, 3.63) is 23.8 Å². The highest BCUT2D eigenvalue weighted by atomic mass is 16.5. The lowest BCUT2D eigenvalue weighted by Gasteiger charge is -2.32. The highest BCUT2D eigenvalue weighted by Gasteiger charge is 2.35. The second kappa shape index (κ2) is 5.19. The third-order valence-electron chi connectivity index (χ3n) is 3.23. The smallest absolute Gasteiger partial charge is 0.268 e. The summed E-state index contributed by atoms with van der Waals surface area (Å²) in [4.78, 5) is 11.8. The molecule has 4 N–H and O–H groups in total. The van der Waals surface area contributed by atoms with Crippen molar-refractivity contribution in [2.75, 3.05) is 11.9 Å². The normalized spacial score (nSPS) is 18.2. The Morgan fingerprint density at radius 2 is 2.21 bits per heavy atom. The van der Waals surface area contributed by atoms with Crippen molar-refractivity contribution in [2.45, 2.75) is 38.4 Å². The highest BCUT2D eigenvalue weighted by Crippen LogP contribution is 2.35. The van der Waals surface area contributed by atoms with E-state index in [1.807, 2.05) is 6.07 Å². The van der Waals surface area contributed by atoms with Gasteiger partial charge in [0.05, 0.1) is 11.8 Å². The summed E-state index contributed by atoms with van der Waals surface area (Å²) in [6, 6.07) is 5.34. The first-order chi connectivity index (χ1) is 8.94. The average molecular weight is 264 g/mol. The lowest BCUT2D eigenvalue weighted by molar-refractivity contribution is -0.129. The van der Waals surface area contributed by atoms with Crippen LogP contribution in [0.25, 0.3) is 0 Å². The van der Waals surface area contributed by atoms with Crippen LogP contribution in [-0.4, -0.2) is 23.2 Å². The first kappa shape index (κ1) is 13.8. The number of benzene rings is 1. The van der Waals surface area contributed by atoms with Crippen LogP contribution in [0.3, 0.4) is 0 Å². The van der Waals surface area contributed by atoms with Crippen LogP contribution in [0.2, 0.25) is 0 Å². The number of carbonyl (C=O) groups excluding carboxylic acids is 1. The maximum Gasteiger partial charge on any atom is 0.268 e. The number of carbonyl (C=O) groups is 1. The third kappa shape index (κ3) is 2.88. The zero-order valence-corrected chi connectivity index (χ0v) is 11.3. The average Bonchev–Trinajstić information content (AvgIpc) is 2.36. The number of nitrogens with one attached hydrogen (secondary N) is 1. The quantitative estimate of drug-likeness (QED) is 0.770. The molecule has 1 aromatic carbocycles. The predicted octanol–water partition coefficient (Wildman–Crippen LogP) is 1.57. The van der Waals surface area contributed by atoms with Gasteiger partial charge in [-0.1, -0.05) is 6.07 Å². The van der Waals surface area contributed by atoms with Crippen LogP contribution in [0.15, 0.2) is 18.2 Å². The summed E-state index contributed by atoms with van der Waals surface area (Å²) >= 11 is 0. The van der Waals surface area contributed by atoms with Gasteiger partial charge in [-0.3, -0.25) is 4.79 Å². The Morgan fingerprint density at radius 1 is 1.47 bits per heavy atom. The zero-order chi connectivity index (χ0) is 14.0. The standard InChI is InChI=1S/C14H20N2O3/c1-14(2)13(18)16-10-8-9(5-6-12(10)19-14)11(17)4-3-7-15/h5-6,8,11,17H,3-4,7,15H2,1-2H3,(H,16,18). The van der Waals surface area contributed by atoms with Gasteiger partial charge in [-0.05, 0) is 50.9 Å². The van der Waals surface area contributed by atoms with E-state index in [0.717, 1.165) is 12.0 Å². The van der Waals surface area contributed by atoms with Crippen molar-refractivity contribution in [1.82, 2.24) is 0 Å². The van der Waals surface area contributed by atoms with E-state index in [0.29, 0.717) is 24.4 Å². The van der Waals surface area contributed by atoms with Gasteiger partial charge in [0.1, 0.15) is 5.75 Å². The van der Waals surface area contributed by atoms with Gasteiger partial charge >= 0.3 is 0 Å². The highest BCUT2D eigenvalue weighted by molar-refractivity contribution is 6.00. The predicted molar refractivity (Wildman–Crippen MR) is 73.0 cm³/mol. The fraction of sp³-hybridized carbons (Fsp3) is 0.500. The first-order valence-corrected chi connectivity index (χ1v) is 6.46. The number of amides is 1. The molecule has 0 aliphatic carbocycles. The van der Waals surface area contributed by atoms with Crippen LogP contribution < -0.4 is 15.8 Å². The van der Waals surface area contributed by atoms with Crippen LogP contribution in [0.4, 0.5) is 5.69 Å². The van der Waals surface area contributed by atoms with Gasteiger partial charge in [0.15, 0.2) is 5.60 Å². The number of anilines is 1.